The topological polar surface area (TPSA) is 70.0 Å². The Balaban J connectivity index is 1.89. The molecule has 1 fully saturated rings. The van der Waals surface area contributed by atoms with Crippen LogP contribution in [0.15, 0.2) is 58.4 Å². The average Bonchev–Trinajstić information content (AvgIpc) is 3.08. The number of carbonyl (C=O) groups is 1. The van der Waals surface area contributed by atoms with Gasteiger partial charge < -0.3 is 0 Å². The van der Waals surface area contributed by atoms with Crippen LogP contribution in [0.5, 0.6) is 0 Å². The van der Waals surface area contributed by atoms with E-state index in [1.807, 2.05) is 37.4 Å². The number of thioether (sulfide) groups is 2. The summed E-state index contributed by atoms with van der Waals surface area (Å²) >= 11 is 3.25. The number of hydrogen-bond acceptors (Lipinski definition) is 6. The molecule has 9 heteroatoms. The maximum Gasteiger partial charge on any atom is 0.259 e. The van der Waals surface area contributed by atoms with Gasteiger partial charge in [0.05, 0.1) is 10.6 Å². The largest absolute Gasteiger partial charge is 0.286 e. The summed E-state index contributed by atoms with van der Waals surface area (Å²) in [6.07, 6.45) is 2.05. The fraction of sp³-hybridized carbons (Fsp3) is 0.333. The van der Waals surface area contributed by atoms with Crippen molar-refractivity contribution in [2.75, 3.05) is 26.9 Å². The van der Waals surface area contributed by atoms with Crippen molar-refractivity contribution in [3.8, 4) is 0 Å². The van der Waals surface area contributed by atoms with Crippen LogP contribution in [0.25, 0.3) is 0 Å². The number of amides is 1. The van der Waals surface area contributed by atoms with Crippen LogP contribution in [0.3, 0.4) is 0 Å². The van der Waals surface area contributed by atoms with E-state index < -0.39 is 10.0 Å². The molecular weight excluding hydrogens is 438 g/mol. The van der Waals surface area contributed by atoms with Gasteiger partial charge in [-0.05, 0) is 42.2 Å². The van der Waals surface area contributed by atoms with Crippen molar-refractivity contribution in [1.29, 1.82) is 0 Å². The van der Waals surface area contributed by atoms with Gasteiger partial charge in [-0.15, -0.1) is 0 Å². The maximum absolute atomic E-state index is 13.1. The highest BCUT2D eigenvalue weighted by Crippen LogP contribution is 2.30. The van der Waals surface area contributed by atoms with Crippen molar-refractivity contribution in [1.82, 2.24) is 9.21 Å². The van der Waals surface area contributed by atoms with Crippen molar-refractivity contribution in [2.45, 2.75) is 22.8 Å². The molecule has 1 aliphatic rings. The van der Waals surface area contributed by atoms with Crippen molar-refractivity contribution in [3.63, 3.8) is 0 Å². The van der Waals surface area contributed by atoms with Crippen molar-refractivity contribution < 1.29 is 13.2 Å². The van der Waals surface area contributed by atoms with Crippen LogP contribution >= 0.6 is 23.5 Å². The smallest absolute Gasteiger partial charge is 0.259 e. The molecule has 0 aromatic heterocycles. The molecule has 30 heavy (non-hydrogen) atoms. The molecule has 2 aromatic carbocycles. The first kappa shape index (κ1) is 22.9. The van der Waals surface area contributed by atoms with Gasteiger partial charge in [-0.1, -0.05) is 36.9 Å². The van der Waals surface area contributed by atoms with Crippen molar-refractivity contribution >= 4 is 50.3 Å². The number of sulfonamides is 1. The standard InChI is InChI=1S/C21H25N3O3S3/c1-15-13-24(20(25)17-10-8-16(9-11-17)14-28-4)21(29-15)22-18-6-5-7-19(12-18)30(26,27)23(2)3/h5-12,15H,13-14H2,1-4H3. The maximum atomic E-state index is 13.1. The lowest BCUT2D eigenvalue weighted by atomic mass is 10.1. The molecule has 1 heterocycles. The molecule has 1 unspecified atom stereocenters. The fourth-order valence-corrected chi connectivity index (χ4v) is 5.47. The average molecular weight is 464 g/mol. The summed E-state index contributed by atoms with van der Waals surface area (Å²) in [6, 6.07) is 14.1. The van der Waals surface area contributed by atoms with Gasteiger partial charge in [0.1, 0.15) is 0 Å². The molecule has 0 bridgehead atoms. The Bertz CT molecular complexity index is 1050. The predicted molar refractivity (Wildman–Crippen MR) is 126 cm³/mol. The number of carbonyl (C=O) groups excluding carboxylic acids is 1. The zero-order chi connectivity index (χ0) is 21.9. The minimum absolute atomic E-state index is 0.0987. The lowest BCUT2D eigenvalue weighted by Gasteiger charge is -2.17. The number of rotatable bonds is 6. The first-order valence-electron chi connectivity index (χ1n) is 9.40. The molecule has 0 radical (unpaired) electrons. The highest BCUT2D eigenvalue weighted by molar-refractivity contribution is 8.14. The van der Waals surface area contributed by atoms with E-state index in [0.29, 0.717) is 23.0 Å². The Kier molecular flexibility index (Phi) is 7.28. The molecule has 6 nitrogen and oxygen atoms in total. The normalized spacial score (nSPS) is 18.4. The second-order valence-electron chi connectivity index (χ2n) is 7.15. The molecule has 1 atom stereocenters. The Labute approximate surface area is 186 Å². The third-order valence-corrected chi connectivity index (χ3v) is 8.06. The van der Waals surface area contributed by atoms with Gasteiger partial charge in [-0.25, -0.2) is 17.7 Å². The van der Waals surface area contributed by atoms with Gasteiger partial charge in [0.2, 0.25) is 10.0 Å². The van der Waals surface area contributed by atoms with Gasteiger partial charge in [-0.3, -0.25) is 9.69 Å². The Morgan fingerprint density at radius 3 is 2.57 bits per heavy atom. The van der Waals surface area contributed by atoms with Gasteiger partial charge >= 0.3 is 0 Å². The lowest BCUT2D eigenvalue weighted by molar-refractivity contribution is 0.0855. The summed E-state index contributed by atoms with van der Waals surface area (Å²) < 4.78 is 26.0. The van der Waals surface area contributed by atoms with Crippen LogP contribution in [0.2, 0.25) is 0 Å². The molecule has 1 saturated heterocycles. The van der Waals surface area contributed by atoms with Gasteiger partial charge in [-0.2, -0.15) is 11.8 Å². The van der Waals surface area contributed by atoms with Crippen LogP contribution in [0, 0.1) is 0 Å². The molecule has 0 spiro atoms. The quantitative estimate of drug-likeness (QED) is 0.646. The number of amidine groups is 1. The molecule has 1 aliphatic heterocycles. The fourth-order valence-electron chi connectivity index (χ4n) is 2.97. The monoisotopic (exact) mass is 463 g/mol. The van der Waals surface area contributed by atoms with Gasteiger partial charge in [0.25, 0.3) is 5.91 Å². The molecule has 1 amide bonds. The highest BCUT2D eigenvalue weighted by atomic mass is 32.2. The van der Waals surface area contributed by atoms with Gasteiger partial charge in [0.15, 0.2) is 5.17 Å². The summed E-state index contributed by atoms with van der Waals surface area (Å²) in [7, 11) is -0.564. The first-order valence-corrected chi connectivity index (χ1v) is 13.1. The summed E-state index contributed by atoms with van der Waals surface area (Å²) in [5.41, 5.74) is 2.30. The van der Waals surface area contributed by atoms with Crippen LogP contribution < -0.4 is 0 Å². The van der Waals surface area contributed by atoms with Crippen LogP contribution in [-0.4, -0.2) is 60.8 Å². The van der Waals surface area contributed by atoms with E-state index in [-0.39, 0.29) is 16.1 Å². The number of hydrogen-bond donors (Lipinski definition) is 0. The van der Waals surface area contributed by atoms with E-state index in [2.05, 4.69) is 4.99 Å². The highest BCUT2D eigenvalue weighted by Gasteiger charge is 2.31. The van der Waals surface area contributed by atoms with E-state index in [1.54, 1.807) is 34.9 Å². The second-order valence-corrected chi connectivity index (χ2v) is 11.6. The summed E-state index contributed by atoms with van der Waals surface area (Å²) in [5, 5.41) is 0.789. The number of aliphatic imine (C=N–C) groups is 1. The summed E-state index contributed by atoms with van der Waals surface area (Å²) in [4.78, 5) is 19.6. The summed E-state index contributed by atoms with van der Waals surface area (Å²) in [6.45, 7) is 2.60. The molecule has 0 N–H and O–H groups in total. The van der Waals surface area contributed by atoms with E-state index in [1.165, 1.54) is 41.8 Å². The van der Waals surface area contributed by atoms with Crippen molar-refractivity contribution in [2.24, 2.45) is 4.99 Å². The number of nitrogens with zero attached hydrogens (tertiary/aromatic N) is 3. The third-order valence-electron chi connectivity index (χ3n) is 4.56. The SMILES string of the molecule is CSCc1ccc(C(=O)N2CC(C)SC2=Nc2cccc(S(=O)(=O)N(C)C)c2)cc1. The van der Waals surface area contributed by atoms with E-state index in [4.69, 9.17) is 0 Å². The van der Waals surface area contributed by atoms with E-state index in [0.717, 1.165) is 5.75 Å². The van der Waals surface area contributed by atoms with E-state index in [9.17, 15) is 13.2 Å². The molecule has 160 valence electrons. The van der Waals surface area contributed by atoms with Crippen molar-refractivity contribution in [3.05, 3.63) is 59.7 Å². The Morgan fingerprint density at radius 2 is 1.93 bits per heavy atom. The van der Waals surface area contributed by atoms with E-state index >= 15 is 0 Å². The Morgan fingerprint density at radius 1 is 1.23 bits per heavy atom. The molecule has 0 saturated carbocycles. The van der Waals surface area contributed by atoms with Crippen LogP contribution in [0.4, 0.5) is 5.69 Å². The molecule has 0 aliphatic carbocycles. The minimum atomic E-state index is -3.55. The third kappa shape index (κ3) is 5.08. The zero-order valence-corrected chi connectivity index (χ0v) is 19.9. The van der Waals surface area contributed by atoms with Gasteiger partial charge in [0, 0.05) is 37.2 Å². The minimum Gasteiger partial charge on any atom is -0.286 e. The first-order chi connectivity index (χ1) is 14.2. The Hall–Kier alpha value is -1.81. The lowest BCUT2D eigenvalue weighted by Crippen LogP contribution is -2.32. The summed E-state index contributed by atoms with van der Waals surface area (Å²) in [5.74, 6) is 0.808. The van der Waals surface area contributed by atoms with Crippen LogP contribution in [-0.2, 0) is 15.8 Å². The van der Waals surface area contributed by atoms with Crippen LogP contribution in [0.1, 0.15) is 22.8 Å². The molecular formula is C21H25N3O3S3. The molecule has 3 rings (SSSR count). The second kappa shape index (κ2) is 9.55. The molecule has 2 aromatic rings. The predicted octanol–water partition coefficient (Wildman–Crippen LogP) is 4.07. The zero-order valence-electron chi connectivity index (χ0n) is 17.4. The number of benzene rings is 2.